The Kier molecular flexibility index (Phi) is 7.33. The van der Waals surface area contributed by atoms with Gasteiger partial charge in [-0.3, -0.25) is 10.3 Å². The molecule has 1 saturated carbocycles. The van der Waals surface area contributed by atoms with E-state index in [2.05, 4.69) is 15.2 Å². The van der Waals surface area contributed by atoms with Crippen LogP contribution in [0.25, 0.3) is 11.4 Å². The van der Waals surface area contributed by atoms with Crippen LogP contribution in [0.3, 0.4) is 0 Å². The molecule has 1 N–H and O–H groups in total. The molecule has 2 aromatic carbocycles. The van der Waals surface area contributed by atoms with Crippen molar-refractivity contribution in [3.8, 4) is 17.1 Å². The van der Waals surface area contributed by atoms with Crippen molar-refractivity contribution in [1.82, 2.24) is 15.0 Å². The number of rotatable bonds is 7. The van der Waals surface area contributed by atoms with E-state index in [1.54, 1.807) is 54.6 Å². The predicted octanol–water partition coefficient (Wildman–Crippen LogP) is 4.98. The average Bonchev–Trinajstić information content (AvgIpc) is 3.81. The Bertz CT molecular complexity index is 1720. The number of para-hydroxylation sites is 1. The summed E-state index contributed by atoms with van der Waals surface area (Å²) >= 11 is 0. The molecule has 2 fully saturated rings. The topological polar surface area (TPSA) is 124 Å². The lowest BCUT2D eigenvalue weighted by molar-refractivity contribution is 0.0985. The normalized spacial score (nSPS) is 17.9. The third-order valence-electron chi connectivity index (χ3n) is 7.39. The van der Waals surface area contributed by atoms with Crippen molar-refractivity contribution < 1.29 is 27.1 Å². The Balaban J connectivity index is 1.34. The second kappa shape index (κ2) is 11.1. The molecule has 10 nitrogen and oxygen atoms in total. The number of amides is 1. The van der Waals surface area contributed by atoms with Crippen molar-refractivity contribution in [2.24, 2.45) is 0 Å². The van der Waals surface area contributed by atoms with Crippen molar-refractivity contribution in [1.29, 1.82) is 0 Å². The molecule has 3 heterocycles. The van der Waals surface area contributed by atoms with Gasteiger partial charge in [-0.1, -0.05) is 18.2 Å². The third kappa shape index (κ3) is 5.42. The fraction of sp³-hybridized carbons (Fsp3) is 0.267. The van der Waals surface area contributed by atoms with Crippen LogP contribution in [0.15, 0.2) is 84.0 Å². The molecule has 1 aliphatic heterocycles. The Morgan fingerprint density at radius 1 is 1.07 bits per heavy atom. The molecule has 1 atom stereocenters. The SMILES string of the molecule is C[C@H]1COCCN1c1cc(C2(S(=O)(=O)c3cncc(F)c3)CC2)nc(-c2ccc(NC(=O)Oc3ccccc3)cc2)n1. The van der Waals surface area contributed by atoms with Gasteiger partial charge in [-0.05, 0) is 62.2 Å². The molecule has 42 heavy (non-hydrogen) atoms. The van der Waals surface area contributed by atoms with Crippen LogP contribution >= 0.6 is 0 Å². The van der Waals surface area contributed by atoms with Gasteiger partial charge in [0.15, 0.2) is 15.7 Å². The number of benzene rings is 2. The summed E-state index contributed by atoms with van der Waals surface area (Å²) in [7, 11) is -4.01. The zero-order valence-corrected chi connectivity index (χ0v) is 23.6. The van der Waals surface area contributed by atoms with Crippen LogP contribution in [0.4, 0.5) is 20.7 Å². The number of sulfone groups is 1. The lowest BCUT2D eigenvalue weighted by atomic mass is 10.1. The Morgan fingerprint density at radius 2 is 1.83 bits per heavy atom. The number of carbonyl (C=O) groups excluding carboxylic acids is 1. The minimum atomic E-state index is -4.01. The molecule has 1 amide bonds. The van der Waals surface area contributed by atoms with E-state index in [1.807, 2.05) is 13.0 Å². The summed E-state index contributed by atoms with van der Waals surface area (Å²) in [5.74, 6) is 0.607. The first-order valence-corrected chi connectivity index (χ1v) is 15.0. The molecule has 12 heteroatoms. The predicted molar refractivity (Wildman–Crippen MR) is 153 cm³/mol. The highest BCUT2D eigenvalue weighted by Crippen LogP contribution is 2.55. The number of aromatic nitrogens is 3. The molecular formula is C30H28FN5O5S. The van der Waals surface area contributed by atoms with E-state index in [9.17, 15) is 17.6 Å². The highest BCUT2D eigenvalue weighted by Gasteiger charge is 2.58. The standard InChI is InChI=1S/C30H28FN5O5S/c1-20-19-40-14-13-36(20)27-16-26(30(11-12-30)42(38,39)25-15-22(31)17-32-18-25)34-28(35-27)21-7-9-23(10-8-21)33-29(37)41-24-5-3-2-4-6-24/h2-10,15-18,20H,11-14,19H2,1H3,(H,33,37)/t20-/m0/s1. The van der Waals surface area contributed by atoms with E-state index in [0.717, 1.165) is 12.3 Å². The number of hydrogen-bond donors (Lipinski definition) is 1. The maximum Gasteiger partial charge on any atom is 0.417 e. The second-order valence-electron chi connectivity index (χ2n) is 10.3. The highest BCUT2D eigenvalue weighted by atomic mass is 32.2. The second-order valence-corrected chi connectivity index (χ2v) is 12.6. The Labute approximate surface area is 242 Å². The molecule has 1 aliphatic carbocycles. The van der Waals surface area contributed by atoms with Crippen LogP contribution in [0, 0.1) is 5.82 Å². The molecule has 0 unspecified atom stereocenters. The van der Waals surface area contributed by atoms with Crippen LogP contribution in [-0.4, -0.2) is 55.3 Å². The minimum Gasteiger partial charge on any atom is -0.410 e. The number of anilines is 2. The summed E-state index contributed by atoms with van der Waals surface area (Å²) in [6.45, 7) is 3.61. The van der Waals surface area contributed by atoms with E-state index >= 15 is 0 Å². The molecule has 216 valence electrons. The molecule has 2 aromatic heterocycles. The largest absolute Gasteiger partial charge is 0.417 e. The first-order valence-electron chi connectivity index (χ1n) is 13.5. The third-order valence-corrected chi connectivity index (χ3v) is 9.88. The number of ether oxygens (including phenoxy) is 2. The number of nitrogens with one attached hydrogen (secondary N) is 1. The minimum absolute atomic E-state index is 0.00994. The van der Waals surface area contributed by atoms with Gasteiger partial charge in [0, 0.05) is 30.1 Å². The van der Waals surface area contributed by atoms with Gasteiger partial charge >= 0.3 is 6.09 Å². The number of hydrogen-bond acceptors (Lipinski definition) is 9. The fourth-order valence-electron chi connectivity index (χ4n) is 4.99. The Hall–Kier alpha value is -4.42. The van der Waals surface area contributed by atoms with Gasteiger partial charge in [-0.15, -0.1) is 0 Å². The van der Waals surface area contributed by atoms with Crippen molar-refractivity contribution in [3.05, 3.63) is 90.6 Å². The van der Waals surface area contributed by atoms with Crippen LogP contribution in [0.1, 0.15) is 25.5 Å². The van der Waals surface area contributed by atoms with Gasteiger partial charge < -0.3 is 14.4 Å². The van der Waals surface area contributed by atoms with Gasteiger partial charge in [0.2, 0.25) is 0 Å². The number of carbonyl (C=O) groups is 1. The molecular weight excluding hydrogens is 561 g/mol. The van der Waals surface area contributed by atoms with E-state index in [4.69, 9.17) is 19.4 Å². The molecule has 0 radical (unpaired) electrons. The quantitative estimate of drug-likeness (QED) is 0.318. The molecule has 6 rings (SSSR count). The zero-order valence-electron chi connectivity index (χ0n) is 22.7. The van der Waals surface area contributed by atoms with E-state index in [-0.39, 0.29) is 10.9 Å². The van der Waals surface area contributed by atoms with Gasteiger partial charge in [-0.2, -0.15) is 0 Å². The number of halogens is 1. The number of morpholine rings is 1. The summed E-state index contributed by atoms with van der Waals surface area (Å²) in [6.07, 6.45) is 2.18. The summed E-state index contributed by atoms with van der Waals surface area (Å²) in [5.41, 5.74) is 1.47. The maximum absolute atomic E-state index is 14.0. The van der Waals surface area contributed by atoms with Crippen LogP contribution in [0.2, 0.25) is 0 Å². The van der Waals surface area contributed by atoms with Crippen molar-refractivity contribution in [2.45, 2.75) is 35.4 Å². The van der Waals surface area contributed by atoms with Crippen LogP contribution in [0.5, 0.6) is 5.75 Å². The summed E-state index contributed by atoms with van der Waals surface area (Å²) in [6, 6.07) is 18.3. The first-order chi connectivity index (χ1) is 20.2. The average molecular weight is 590 g/mol. The molecule has 1 saturated heterocycles. The summed E-state index contributed by atoms with van der Waals surface area (Å²) in [5, 5.41) is 2.69. The van der Waals surface area contributed by atoms with Gasteiger partial charge in [0.1, 0.15) is 22.1 Å². The first kappa shape index (κ1) is 27.7. The van der Waals surface area contributed by atoms with Crippen molar-refractivity contribution >= 4 is 27.4 Å². The maximum atomic E-state index is 14.0. The van der Waals surface area contributed by atoms with Gasteiger partial charge in [0.05, 0.1) is 36.0 Å². The van der Waals surface area contributed by atoms with E-state index in [0.29, 0.717) is 66.9 Å². The van der Waals surface area contributed by atoms with Crippen LogP contribution in [-0.2, 0) is 19.3 Å². The van der Waals surface area contributed by atoms with Gasteiger partial charge in [-0.25, -0.2) is 27.6 Å². The Morgan fingerprint density at radius 3 is 2.52 bits per heavy atom. The van der Waals surface area contributed by atoms with E-state index in [1.165, 1.54) is 6.20 Å². The highest BCUT2D eigenvalue weighted by molar-refractivity contribution is 7.92. The molecule has 0 bridgehead atoms. The van der Waals surface area contributed by atoms with E-state index < -0.39 is 26.5 Å². The smallest absolute Gasteiger partial charge is 0.410 e. The lowest BCUT2D eigenvalue weighted by Gasteiger charge is -2.34. The van der Waals surface area contributed by atoms with Crippen molar-refractivity contribution in [2.75, 3.05) is 30.0 Å². The number of pyridine rings is 1. The van der Waals surface area contributed by atoms with Crippen molar-refractivity contribution in [3.63, 3.8) is 0 Å². The lowest BCUT2D eigenvalue weighted by Crippen LogP contribution is -2.44. The van der Waals surface area contributed by atoms with Crippen LogP contribution < -0.4 is 15.0 Å². The molecule has 2 aliphatic rings. The monoisotopic (exact) mass is 589 g/mol. The fourth-order valence-corrected chi connectivity index (χ4v) is 6.93. The summed E-state index contributed by atoms with van der Waals surface area (Å²) in [4.78, 5) is 27.5. The summed E-state index contributed by atoms with van der Waals surface area (Å²) < 4.78 is 51.1. The number of nitrogens with zero attached hydrogens (tertiary/aromatic N) is 4. The van der Waals surface area contributed by atoms with Gasteiger partial charge in [0.25, 0.3) is 0 Å². The molecule has 0 spiro atoms. The molecule has 4 aromatic rings. The zero-order chi connectivity index (χ0) is 29.3.